The standard InChI is InChI=1S/C10H12FNO2/c1-14-6-10(12-7-13)8-2-4-9(11)5-3-8/h2-5,7,10H,6H2,1H3,(H,12,13)/t10-/m1/s1. The van der Waals surface area contributed by atoms with Gasteiger partial charge in [-0.05, 0) is 17.7 Å². The van der Waals surface area contributed by atoms with Crippen molar-refractivity contribution in [1.82, 2.24) is 5.32 Å². The van der Waals surface area contributed by atoms with E-state index in [1.165, 1.54) is 12.1 Å². The highest BCUT2D eigenvalue weighted by Crippen LogP contribution is 2.13. The molecule has 0 bridgehead atoms. The van der Waals surface area contributed by atoms with Gasteiger partial charge in [-0.1, -0.05) is 12.1 Å². The number of ether oxygens (including phenoxy) is 1. The number of benzene rings is 1. The number of hydrogen-bond acceptors (Lipinski definition) is 2. The molecule has 0 aliphatic rings. The zero-order valence-corrected chi connectivity index (χ0v) is 7.87. The molecule has 0 unspecified atom stereocenters. The van der Waals surface area contributed by atoms with Crippen molar-refractivity contribution in [2.24, 2.45) is 0 Å². The van der Waals surface area contributed by atoms with Gasteiger partial charge in [-0.25, -0.2) is 4.39 Å². The quantitative estimate of drug-likeness (QED) is 0.721. The van der Waals surface area contributed by atoms with E-state index in [0.29, 0.717) is 13.0 Å². The second kappa shape index (κ2) is 5.34. The molecule has 14 heavy (non-hydrogen) atoms. The molecule has 0 spiro atoms. The molecule has 1 amide bonds. The van der Waals surface area contributed by atoms with Crippen molar-refractivity contribution in [3.8, 4) is 0 Å². The summed E-state index contributed by atoms with van der Waals surface area (Å²) in [6.07, 6.45) is 0.604. The molecule has 1 atom stereocenters. The SMILES string of the molecule is COC[C@@H](NC=O)c1ccc(F)cc1. The van der Waals surface area contributed by atoms with Crippen LogP contribution < -0.4 is 5.32 Å². The maximum Gasteiger partial charge on any atom is 0.207 e. The van der Waals surface area contributed by atoms with Gasteiger partial charge in [0.15, 0.2) is 0 Å². The zero-order valence-electron chi connectivity index (χ0n) is 7.87. The van der Waals surface area contributed by atoms with E-state index in [9.17, 15) is 9.18 Å². The molecule has 0 aliphatic carbocycles. The third-order valence-corrected chi connectivity index (χ3v) is 1.87. The van der Waals surface area contributed by atoms with Crippen molar-refractivity contribution in [3.63, 3.8) is 0 Å². The van der Waals surface area contributed by atoms with Crippen LogP contribution >= 0.6 is 0 Å². The number of carbonyl (C=O) groups excluding carboxylic acids is 1. The summed E-state index contributed by atoms with van der Waals surface area (Å²) >= 11 is 0. The summed E-state index contributed by atoms with van der Waals surface area (Å²) in [5.74, 6) is -0.295. The van der Waals surface area contributed by atoms with Gasteiger partial charge in [-0.2, -0.15) is 0 Å². The predicted molar refractivity (Wildman–Crippen MR) is 50.2 cm³/mol. The van der Waals surface area contributed by atoms with Gasteiger partial charge < -0.3 is 10.1 Å². The van der Waals surface area contributed by atoms with Gasteiger partial charge in [0.05, 0.1) is 12.6 Å². The number of nitrogens with one attached hydrogen (secondary N) is 1. The predicted octanol–water partition coefficient (Wildman–Crippen LogP) is 1.26. The van der Waals surface area contributed by atoms with E-state index < -0.39 is 0 Å². The van der Waals surface area contributed by atoms with Crippen LogP contribution in [0, 0.1) is 5.82 Å². The van der Waals surface area contributed by atoms with Gasteiger partial charge in [0.2, 0.25) is 6.41 Å². The molecule has 4 heteroatoms. The molecule has 1 aromatic rings. The summed E-state index contributed by atoms with van der Waals surface area (Å²) in [7, 11) is 1.54. The van der Waals surface area contributed by atoms with Crippen LogP contribution in [0.4, 0.5) is 4.39 Å². The van der Waals surface area contributed by atoms with Crippen molar-refractivity contribution in [2.75, 3.05) is 13.7 Å². The first-order valence-corrected chi connectivity index (χ1v) is 4.22. The second-order valence-corrected chi connectivity index (χ2v) is 2.84. The lowest BCUT2D eigenvalue weighted by Crippen LogP contribution is -2.23. The first-order valence-electron chi connectivity index (χ1n) is 4.22. The average molecular weight is 197 g/mol. The fourth-order valence-corrected chi connectivity index (χ4v) is 1.18. The Kier molecular flexibility index (Phi) is 4.07. The fourth-order valence-electron chi connectivity index (χ4n) is 1.18. The van der Waals surface area contributed by atoms with Crippen molar-refractivity contribution >= 4 is 6.41 Å². The highest BCUT2D eigenvalue weighted by atomic mass is 19.1. The Bertz CT molecular complexity index is 287. The van der Waals surface area contributed by atoms with Crippen LogP contribution in [-0.2, 0) is 9.53 Å². The van der Waals surface area contributed by atoms with Crippen molar-refractivity contribution in [1.29, 1.82) is 0 Å². The molecule has 76 valence electrons. The van der Waals surface area contributed by atoms with Gasteiger partial charge in [0.1, 0.15) is 5.82 Å². The molecule has 0 heterocycles. The number of methoxy groups -OCH3 is 1. The number of rotatable bonds is 5. The first-order chi connectivity index (χ1) is 6.77. The van der Waals surface area contributed by atoms with Gasteiger partial charge in [0.25, 0.3) is 0 Å². The topological polar surface area (TPSA) is 38.3 Å². The van der Waals surface area contributed by atoms with Gasteiger partial charge in [0, 0.05) is 7.11 Å². The molecule has 3 nitrogen and oxygen atoms in total. The largest absolute Gasteiger partial charge is 0.382 e. The second-order valence-electron chi connectivity index (χ2n) is 2.84. The summed E-state index contributed by atoms with van der Waals surface area (Å²) in [4.78, 5) is 10.3. The minimum Gasteiger partial charge on any atom is -0.382 e. The average Bonchev–Trinajstić information content (AvgIpc) is 2.19. The highest BCUT2D eigenvalue weighted by Gasteiger charge is 2.09. The van der Waals surface area contributed by atoms with E-state index in [-0.39, 0.29) is 11.9 Å². The molecule has 0 saturated heterocycles. The summed E-state index contributed by atoms with van der Waals surface area (Å²) in [6, 6.07) is 5.72. The van der Waals surface area contributed by atoms with E-state index in [4.69, 9.17) is 4.74 Å². The summed E-state index contributed by atoms with van der Waals surface area (Å²) < 4.78 is 17.5. The lowest BCUT2D eigenvalue weighted by atomic mass is 10.1. The summed E-state index contributed by atoms with van der Waals surface area (Å²) in [5.41, 5.74) is 0.820. The molecule has 1 rings (SSSR count). The van der Waals surface area contributed by atoms with Crippen LogP contribution in [0.25, 0.3) is 0 Å². The number of hydrogen-bond donors (Lipinski definition) is 1. The van der Waals surface area contributed by atoms with E-state index in [1.54, 1.807) is 19.2 Å². The normalized spacial score (nSPS) is 12.1. The van der Waals surface area contributed by atoms with Gasteiger partial charge in [-0.3, -0.25) is 4.79 Å². The molecular weight excluding hydrogens is 185 g/mol. The van der Waals surface area contributed by atoms with Crippen LogP contribution in [0.1, 0.15) is 11.6 Å². The fraction of sp³-hybridized carbons (Fsp3) is 0.300. The minimum absolute atomic E-state index is 0.224. The number of halogens is 1. The van der Waals surface area contributed by atoms with Gasteiger partial charge >= 0.3 is 0 Å². The van der Waals surface area contributed by atoms with E-state index >= 15 is 0 Å². The lowest BCUT2D eigenvalue weighted by Gasteiger charge is -2.14. The monoisotopic (exact) mass is 197 g/mol. The lowest BCUT2D eigenvalue weighted by molar-refractivity contribution is -0.110. The Labute approximate surface area is 81.9 Å². The van der Waals surface area contributed by atoms with Crippen molar-refractivity contribution in [2.45, 2.75) is 6.04 Å². The van der Waals surface area contributed by atoms with Crippen molar-refractivity contribution < 1.29 is 13.9 Å². The molecule has 0 fully saturated rings. The third kappa shape index (κ3) is 2.81. The maximum absolute atomic E-state index is 12.6. The van der Waals surface area contributed by atoms with Gasteiger partial charge in [-0.15, -0.1) is 0 Å². The Morgan fingerprint density at radius 1 is 1.50 bits per heavy atom. The third-order valence-electron chi connectivity index (χ3n) is 1.87. The Morgan fingerprint density at radius 2 is 2.14 bits per heavy atom. The molecule has 0 saturated carbocycles. The van der Waals surface area contributed by atoms with E-state index in [2.05, 4.69) is 5.32 Å². The van der Waals surface area contributed by atoms with Crippen LogP contribution in [0.3, 0.4) is 0 Å². The van der Waals surface area contributed by atoms with Crippen molar-refractivity contribution in [3.05, 3.63) is 35.6 Å². The highest BCUT2D eigenvalue weighted by molar-refractivity contribution is 5.47. The Morgan fingerprint density at radius 3 is 2.64 bits per heavy atom. The molecule has 1 N–H and O–H groups in total. The van der Waals surface area contributed by atoms with E-state index in [0.717, 1.165) is 5.56 Å². The minimum atomic E-state index is -0.295. The smallest absolute Gasteiger partial charge is 0.207 e. The molecule has 0 aliphatic heterocycles. The molecule has 0 radical (unpaired) electrons. The zero-order chi connectivity index (χ0) is 10.4. The molecule has 0 aromatic heterocycles. The first kappa shape index (κ1) is 10.7. The maximum atomic E-state index is 12.6. The summed E-state index contributed by atoms with van der Waals surface area (Å²) in [6.45, 7) is 0.365. The summed E-state index contributed by atoms with van der Waals surface area (Å²) in [5, 5.41) is 2.59. The van der Waals surface area contributed by atoms with Crippen LogP contribution in [-0.4, -0.2) is 20.1 Å². The number of carbonyl (C=O) groups is 1. The van der Waals surface area contributed by atoms with Crippen LogP contribution in [0.15, 0.2) is 24.3 Å². The molecule has 1 aromatic carbocycles. The van der Waals surface area contributed by atoms with Crippen LogP contribution in [0.2, 0.25) is 0 Å². The van der Waals surface area contributed by atoms with Crippen LogP contribution in [0.5, 0.6) is 0 Å². The Balaban J connectivity index is 2.76. The number of amides is 1. The van der Waals surface area contributed by atoms with E-state index in [1.807, 2.05) is 0 Å². The molecular formula is C10H12FNO2. The Hall–Kier alpha value is -1.42.